The van der Waals surface area contributed by atoms with E-state index in [4.69, 9.17) is 9.15 Å². The third-order valence-electron chi connectivity index (χ3n) is 4.22. The molecule has 0 unspecified atom stereocenters. The summed E-state index contributed by atoms with van der Waals surface area (Å²) in [5.74, 6) is 0.720. The second-order valence-electron chi connectivity index (χ2n) is 5.96. The molecular formula is C19H20N4O3S. The maximum atomic E-state index is 12.4. The third-order valence-corrected chi connectivity index (χ3v) is 5.20. The zero-order chi connectivity index (χ0) is 19.4. The largest absolute Gasteiger partial charge is 0.444 e. The lowest BCUT2D eigenvalue weighted by Gasteiger charge is -2.08. The predicted molar refractivity (Wildman–Crippen MR) is 104 cm³/mol. The van der Waals surface area contributed by atoms with Gasteiger partial charge in [-0.1, -0.05) is 23.9 Å². The Balaban J connectivity index is 1.74. The van der Waals surface area contributed by atoms with Gasteiger partial charge in [-0.2, -0.15) is 5.26 Å². The average Bonchev–Trinajstić information content (AvgIpc) is 3.15. The number of furan rings is 1. The fourth-order valence-corrected chi connectivity index (χ4v) is 3.55. The normalized spacial score (nSPS) is 10.9. The molecule has 8 heteroatoms. The summed E-state index contributed by atoms with van der Waals surface area (Å²) in [6.45, 7) is 4.76. The zero-order valence-corrected chi connectivity index (χ0v) is 16.2. The number of fused-ring (bicyclic) bond motifs is 1. The predicted octanol–water partition coefficient (Wildman–Crippen LogP) is 3.50. The molecule has 1 N–H and O–H groups in total. The Morgan fingerprint density at radius 3 is 2.93 bits per heavy atom. The van der Waals surface area contributed by atoms with Gasteiger partial charge in [-0.05, 0) is 26.0 Å². The molecule has 0 aliphatic rings. The molecular weight excluding hydrogens is 364 g/mol. The Morgan fingerprint density at radius 1 is 1.41 bits per heavy atom. The lowest BCUT2D eigenvalue weighted by molar-refractivity contribution is -0.113. The van der Waals surface area contributed by atoms with Crippen molar-refractivity contribution in [1.82, 2.24) is 9.55 Å². The van der Waals surface area contributed by atoms with Gasteiger partial charge in [0, 0.05) is 19.2 Å². The Hall–Kier alpha value is -2.76. The quantitative estimate of drug-likeness (QED) is 0.627. The molecule has 0 saturated heterocycles. The summed E-state index contributed by atoms with van der Waals surface area (Å²) in [4.78, 5) is 17.0. The fourth-order valence-electron chi connectivity index (χ4n) is 2.70. The lowest BCUT2D eigenvalue weighted by Crippen LogP contribution is -2.15. The molecule has 0 atom stereocenters. The van der Waals surface area contributed by atoms with Gasteiger partial charge in [-0.25, -0.2) is 4.98 Å². The highest BCUT2D eigenvalue weighted by molar-refractivity contribution is 7.99. The zero-order valence-electron chi connectivity index (χ0n) is 15.4. The number of carbonyl (C=O) groups excluding carboxylic acids is 1. The molecule has 140 valence electrons. The highest BCUT2D eigenvalue weighted by Gasteiger charge is 2.18. The van der Waals surface area contributed by atoms with Gasteiger partial charge in [-0.15, -0.1) is 0 Å². The van der Waals surface area contributed by atoms with Gasteiger partial charge in [0.25, 0.3) is 0 Å². The van der Waals surface area contributed by atoms with Crippen LogP contribution in [0.3, 0.4) is 0 Å². The van der Waals surface area contributed by atoms with Gasteiger partial charge in [0.15, 0.2) is 5.16 Å². The first kappa shape index (κ1) is 19.0. The topological polar surface area (TPSA) is 93.1 Å². The molecule has 0 fully saturated rings. The number of hydrogen-bond donors (Lipinski definition) is 1. The number of rotatable bonds is 7. The number of nitrogens with one attached hydrogen (secondary N) is 1. The van der Waals surface area contributed by atoms with Crippen molar-refractivity contribution in [3.63, 3.8) is 0 Å². The number of aryl methyl sites for hydroxylation is 1. The second-order valence-corrected chi connectivity index (χ2v) is 6.91. The molecule has 0 aliphatic carbocycles. The summed E-state index contributed by atoms with van der Waals surface area (Å²) in [6, 6.07) is 9.90. The number of ether oxygens (including phenoxy) is 1. The minimum atomic E-state index is -0.254. The van der Waals surface area contributed by atoms with Gasteiger partial charge in [0.05, 0.1) is 23.4 Å². The maximum absolute atomic E-state index is 12.4. The first-order valence-corrected chi connectivity index (χ1v) is 9.40. The van der Waals surface area contributed by atoms with Crippen molar-refractivity contribution < 1.29 is 13.9 Å². The summed E-state index contributed by atoms with van der Waals surface area (Å²) in [5.41, 5.74) is 2.97. The number of hydrogen-bond acceptors (Lipinski definition) is 6. The summed E-state index contributed by atoms with van der Waals surface area (Å²) >= 11 is 1.33. The van der Waals surface area contributed by atoms with E-state index in [2.05, 4.69) is 16.4 Å². The van der Waals surface area contributed by atoms with Gasteiger partial charge in [0.1, 0.15) is 17.4 Å². The van der Waals surface area contributed by atoms with E-state index >= 15 is 0 Å². The molecule has 0 radical (unpaired) electrons. The van der Waals surface area contributed by atoms with Crippen molar-refractivity contribution in [1.29, 1.82) is 5.26 Å². The number of nitrogens with zero attached hydrogens (tertiary/aromatic N) is 3. The number of imidazole rings is 1. The average molecular weight is 384 g/mol. The molecule has 0 spiro atoms. The highest BCUT2D eigenvalue weighted by atomic mass is 32.2. The second kappa shape index (κ2) is 8.29. The standard InChI is InChI=1S/C19H20N4O3S/c1-12-13(2)26-18(14(12)10-20)22-17(24)11-27-19-21-15-6-4-5-7-16(15)23(19)8-9-25-3/h4-7H,8-9,11H2,1-3H3,(H,22,24). The van der Waals surface area contributed by atoms with Crippen LogP contribution in [0.25, 0.3) is 11.0 Å². The van der Waals surface area contributed by atoms with Crippen LogP contribution in [0.1, 0.15) is 16.9 Å². The molecule has 0 bridgehead atoms. The number of aromatic nitrogens is 2. The van der Waals surface area contributed by atoms with Crippen molar-refractivity contribution in [3.8, 4) is 6.07 Å². The van der Waals surface area contributed by atoms with Gasteiger partial charge < -0.3 is 13.7 Å². The van der Waals surface area contributed by atoms with Crippen LogP contribution < -0.4 is 5.32 Å². The molecule has 3 rings (SSSR count). The number of amides is 1. The summed E-state index contributed by atoms with van der Waals surface area (Å²) in [7, 11) is 1.65. The summed E-state index contributed by atoms with van der Waals surface area (Å²) in [5, 5.41) is 12.7. The first-order valence-electron chi connectivity index (χ1n) is 8.42. The van der Waals surface area contributed by atoms with E-state index in [-0.39, 0.29) is 17.5 Å². The molecule has 1 aromatic carbocycles. The van der Waals surface area contributed by atoms with E-state index in [1.807, 2.05) is 28.8 Å². The van der Waals surface area contributed by atoms with E-state index in [1.165, 1.54) is 11.8 Å². The van der Waals surface area contributed by atoms with E-state index < -0.39 is 0 Å². The molecule has 7 nitrogen and oxygen atoms in total. The first-order chi connectivity index (χ1) is 13.0. The number of thioether (sulfide) groups is 1. The Labute approximate surface area is 161 Å². The summed E-state index contributed by atoms with van der Waals surface area (Å²) in [6.07, 6.45) is 0. The molecule has 1 amide bonds. The number of para-hydroxylation sites is 2. The number of anilines is 1. The number of methoxy groups -OCH3 is 1. The van der Waals surface area contributed by atoms with Crippen molar-refractivity contribution in [3.05, 3.63) is 41.2 Å². The minimum absolute atomic E-state index is 0.153. The molecule has 3 aromatic rings. The molecule has 2 aromatic heterocycles. The van der Waals surface area contributed by atoms with Crippen molar-refractivity contribution in [2.75, 3.05) is 24.8 Å². The van der Waals surface area contributed by atoms with Crippen LogP contribution in [-0.2, 0) is 16.1 Å². The van der Waals surface area contributed by atoms with Crippen LogP contribution in [0.4, 0.5) is 5.88 Å². The maximum Gasteiger partial charge on any atom is 0.237 e. The molecule has 2 heterocycles. The number of carbonyl (C=O) groups is 1. The van der Waals surface area contributed by atoms with Crippen LogP contribution in [0.2, 0.25) is 0 Å². The molecule has 0 aliphatic heterocycles. The Kier molecular flexibility index (Phi) is 5.84. The highest BCUT2D eigenvalue weighted by Crippen LogP contribution is 2.27. The van der Waals surface area contributed by atoms with E-state index in [0.29, 0.717) is 24.5 Å². The van der Waals surface area contributed by atoms with Gasteiger partial charge in [0.2, 0.25) is 11.8 Å². The Bertz CT molecular complexity index is 1020. The lowest BCUT2D eigenvalue weighted by atomic mass is 10.2. The van der Waals surface area contributed by atoms with Crippen LogP contribution in [0.15, 0.2) is 33.8 Å². The van der Waals surface area contributed by atoms with E-state index in [1.54, 1.807) is 21.0 Å². The third kappa shape index (κ3) is 3.99. The van der Waals surface area contributed by atoms with Gasteiger partial charge >= 0.3 is 0 Å². The van der Waals surface area contributed by atoms with Crippen LogP contribution in [0.5, 0.6) is 0 Å². The summed E-state index contributed by atoms with van der Waals surface area (Å²) < 4.78 is 12.7. The SMILES string of the molecule is COCCn1c(SCC(=O)Nc2oc(C)c(C)c2C#N)nc2ccccc21. The molecule has 0 saturated carbocycles. The van der Waals surface area contributed by atoms with E-state index in [0.717, 1.165) is 21.8 Å². The molecule has 27 heavy (non-hydrogen) atoms. The van der Waals surface area contributed by atoms with Crippen LogP contribution >= 0.6 is 11.8 Å². The smallest absolute Gasteiger partial charge is 0.237 e. The Morgan fingerprint density at radius 2 is 2.19 bits per heavy atom. The minimum Gasteiger partial charge on any atom is -0.444 e. The van der Waals surface area contributed by atoms with Crippen molar-refractivity contribution in [2.24, 2.45) is 0 Å². The fraction of sp³-hybridized carbons (Fsp3) is 0.316. The van der Waals surface area contributed by atoms with Crippen LogP contribution in [0, 0.1) is 25.2 Å². The number of benzene rings is 1. The number of nitriles is 1. The van der Waals surface area contributed by atoms with E-state index in [9.17, 15) is 10.1 Å². The van der Waals surface area contributed by atoms with Crippen molar-refractivity contribution in [2.45, 2.75) is 25.5 Å². The van der Waals surface area contributed by atoms with Gasteiger partial charge in [-0.3, -0.25) is 10.1 Å². The van der Waals surface area contributed by atoms with Crippen LogP contribution in [-0.4, -0.2) is 34.9 Å². The van der Waals surface area contributed by atoms with Crippen molar-refractivity contribution >= 4 is 34.6 Å². The monoisotopic (exact) mass is 384 g/mol.